The number of rotatable bonds is 4. The normalized spacial score (nSPS) is 17.5. The second-order valence-corrected chi connectivity index (χ2v) is 6.09. The summed E-state index contributed by atoms with van der Waals surface area (Å²) in [5, 5.41) is 7.60. The summed E-state index contributed by atoms with van der Waals surface area (Å²) in [5.41, 5.74) is 1.56. The fourth-order valence-corrected chi connectivity index (χ4v) is 3.03. The zero-order valence-corrected chi connectivity index (χ0v) is 13.8. The molecule has 1 aliphatic rings. The van der Waals surface area contributed by atoms with Crippen LogP contribution in [0.2, 0.25) is 0 Å². The monoisotopic (exact) mass is 337 g/mol. The third-order valence-electron chi connectivity index (χ3n) is 4.30. The molecule has 1 aromatic carbocycles. The lowest BCUT2D eigenvalue weighted by atomic mass is 10.1. The SMILES string of the molecule is O=C(Cc1ccccc1)N(c1ncc2cn[nH]c2n1)C1CCCCO1. The number of anilines is 1. The highest BCUT2D eigenvalue weighted by atomic mass is 16.5. The molecule has 1 atom stereocenters. The second kappa shape index (κ2) is 6.98. The summed E-state index contributed by atoms with van der Waals surface area (Å²) in [6.07, 6.45) is 6.10. The Morgan fingerprint density at radius 1 is 1.24 bits per heavy atom. The van der Waals surface area contributed by atoms with E-state index in [-0.39, 0.29) is 18.6 Å². The lowest BCUT2D eigenvalue weighted by Crippen LogP contribution is -2.45. The van der Waals surface area contributed by atoms with Gasteiger partial charge in [0.2, 0.25) is 11.9 Å². The van der Waals surface area contributed by atoms with Gasteiger partial charge >= 0.3 is 0 Å². The number of H-pyrrole nitrogens is 1. The average Bonchev–Trinajstić information content (AvgIpc) is 3.11. The molecular weight excluding hydrogens is 318 g/mol. The quantitative estimate of drug-likeness (QED) is 0.790. The van der Waals surface area contributed by atoms with Gasteiger partial charge in [0.1, 0.15) is 6.23 Å². The number of ether oxygens (including phenoxy) is 1. The lowest BCUT2D eigenvalue weighted by molar-refractivity contribution is -0.121. The first-order valence-electron chi connectivity index (χ1n) is 8.45. The molecule has 1 saturated heterocycles. The minimum Gasteiger partial charge on any atom is -0.358 e. The summed E-state index contributed by atoms with van der Waals surface area (Å²) in [6.45, 7) is 0.645. The van der Waals surface area contributed by atoms with Crippen LogP contribution in [-0.4, -0.2) is 38.9 Å². The Labute approximate surface area is 145 Å². The van der Waals surface area contributed by atoms with E-state index in [1.807, 2.05) is 30.3 Å². The Morgan fingerprint density at radius 3 is 2.92 bits per heavy atom. The van der Waals surface area contributed by atoms with E-state index in [0.717, 1.165) is 30.2 Å². The van der Waals surface area contributed by atoms with Crippen LogP contribution in [0.15, 0.2) is 42.7 Å². The highest BCUT2D eigenvalue weighted by Crippen LogP contribution is 2.23. The Hall–Kier alpha value is -2.80. The minimum absolute atomic E-state index is 0.0723. The number of aromatic amines is 1. The van der Waals surface area contributed by atoms with Crippen molar-refractivity contribution in [1.29, 1.82) is 0 Å². The van der Waals surface area contributed by atoms with Gasteiger partial charge in [-0.25, -0.2) is 4.98 Å². The van der Waals surface area contributed by atoms with E-state index >= 15 is 0 Å². The molecule has 4 rings (SSSR count). The number of hydrogen-bond acceptors (Lipinski definition) is 5. The van der Waals surface area contributed by atoms with Crippen molar-refractivity contribution in [2.45, 2.75) is 31.9 Å². The first kappa shape index (κ1) is 15.7. The van der Waals surface area contributed by atoms with Gasteiger partial charge in [-0.15, -0.1) is 0 Å². The number of fused-ring (bicyclic) bond motifs is 1. The molecule has 1 aliphatic heterocycles. The Bertz CT molecular complexity index is 858. The fourth-order valence-electron chi connectivity index (χ4n) is 3.03. The zero-order valence-electron chi connectivity index (χ0n) is 13.8. The van der Waals surface area contributed by atoms with Crippen LogP contribution in [0.5, 0.6) is 0 Å². The molecule has 3 aromatic rings. The highest BCUT2D eigenvalue weighted by Gasteiger charge is 2.30. The Morgan fingerprint density at radius 2 is 2.12 bits per heavy atom. The molecule has 3 heterocycles. The molecule has 7 nitrogen and oxygen atoms in total. The third kappa shape index (κ3) is 3.36. The van der Waals surface area contributed by atoms with Crippen LogP contribution in [0, 0.1) is 0 Å². The topological polar surface area (TPSA) is 84.0 Å². The molecule has 0 spiro atoms. The summed E-state index contributed by atoms with van der Waals surface area (Å²) < 4.78 is 5.85. The second-order valence-electron chi connectivity index (χ2n) is 6.09. The smallest absolute Gasteiger partial charge is 0.236 e. The molecular formula is C18H19N5O2. The van der Waals surface area contributed by atoms with Gasteiger partial charge in [0.25, 0.3) is 0 Å². The number of nitrogens with one attached hydrogen (secondary N) is 1. The third-order valence-corrected chi connectivity index (χ3v) is 4.30. The molecule has 25 heavy (non-hydrogen) atoms. The van der Waals surface area contributed by atoms with Crippen molar-refractivity contribution >= 4 is 22.9 Å². The number of hydrogen-bond donors (Lipinski definition) is 1. The number of aromatic nitrogens is 4. The van der Waals surface area contributed by atoms with Crippen LogP contribution < -0.4 is 4.90 Å². The van der Waals surface area contributed by atoms with E-state index < -0.39 is 0 Å². The van der Waals surface area contributed by atoms with Crippen molar-refractivity contribution in [2.24, 2.45) is 0 Å². The Balaban J connectivity index is 1.66. The van der Waals surface area contributed by atoms with Gasteiger partial charge in [0, 0.05) is 12.8 Å². The van der Waals surface area contributed by atoms with Crippen LogP contribution in [0.4, 0.5) is 5.95 Å². The van der Waals surface area contributed by atoms with Gasteiger partial charge < -0.3 is 4.74 Å². The summed E-state index contributed by atoms with van der Waals surface area (Å²) in [5.74, 6) is 0.279. The molecule has 7 heteroatoms. The van der Waals surface area contributed by atoms with E-state index in [0.29, 0.717) is 18.2 Å². The number of carbonyl (C=O) groups is 1. The molecule has 128 valence electrons. The van der Waals surface area contributed by atoms with E-state index in [1.54, 1.807) is 17.3 Å². The summed E-state index contributed by atoms with van der Waals surface area (Å²) in [4.78, 5) is 23.5. The first-order chi connectivity index (χ1) is 12.3. The van der Waals surface area contributed by atoms with Crippen molar-refractivity contribution in [2.75, 3.05) is 11.5 Å². The predicted octanol–water partition coefficient (Wildman–Crippen LogP) is 2.46. The molecule has 1 unspecified atom stereocenters. The van der Waals surface area contributed by atoms with Crippen LogP contribution in [0.1, 0.15) is 24.8 Å². The predicted molar refractivity (Wildman–Crippen MR) is 92.9 cm³/mol. The van der Waals surface area contributed by atoms with Gasteiger partial charge in [0.15, 0.2) is 5.65 Å². The highest BCUT2D eigenvalue weighted by molar-refractivity contribution is 5.94. The van der Waals surface area contributed by atoms with Crippen molar-refractivity contribution < 1.29 is 9.53 Å². The van der Waals surface area contributed by atoms with E-state index in [4.69, 9.17) is 4.74 Å². The number of carbonyl (C=O) groups excluding carboxylic acids is 1. The number of amides is 1. The maximum absolute atomic E-state index is 13.0. The lowest BCUT2D eigenvalue weighted by Gasteiger charge is -2.32. The van der Waals surface area contributed by atoms with Gasteiger partial charge in [-0.3, -0.25) is 14.8 Å². The minimum atomic E-state index is -0.328. The van der Waals surface area contributed by atoms with Gasteiger partial charge in [-0.05, 0) is 24.8 Å². The standard InChI is InChI=1S/C18H19N5O2/c24-15(10-13-6-2-1-3-7-13)23(16-8-4-5-9-25-16)18-19-11-14-12-20-22-17(14)21-18/h1-3,6-7,11-12,16H,4-5,8-10H2,(H,19,20,21,22). The molecule has 1 fully saturated rings. The van der Waals surface area contributed by atoms with Crippen molar-refractivity contribution in [3.05, 3.63) is 48.3 Å². The van der Waals surface area contributed by atoms with Crippen molar-refractivity contribution in [3.8, 4) is 0 Å². The van der Waals surface area contributed by atoms with Crippen molar-refractivity contribution in [1.82, 2.24) is 20.2 Å². The van der Waals surface area contributed by atoms with E-state index in [2.05, 4.69) is 20.2 Å². The number of benzene rings is 1. The summed E-state index contributed by atoms with van der Waals surface area (Å²) in [7, 11) is 0. The summed E-state index contributed by atoms with van der Waals surface area (Å²) in [6, 6.07) is 9.67. The van der Waals surface area contributed by atoms with Crippen LogP contribution >= 0.6 is 0 Å². The Kier molecular flexibility index (Phi) is 4.39. The molecule has 1 N–H and O–H groups in total. The molecule has 1 amide bonds. The molecule has 0 aliphatic carbocycles. The van der Waals surface area contributed by atoms with E-state index in [1.165, 1.54) is 0 Å². The largest absolute Gasteiger partial charge is 0.358 e. The van der Waals surface area contributed by atoms with Crippen LogP contribution in [-0.2, 0) is 16.0 Å². The first-order valence-corrected chi connectivity index (χ1v) is 8.45. The molecule has 0 bridgehead atoms. The summed E-state index contributed by atoms with van der Waals surface area (Å²) >= 11 is 0. The average molecular weight is 337 g/mol. The molecule has 0 radical (unpaired) electrons. The van der Waals surface area contributed by atoms with E-state index in [9.17, 15) is 4.79 Å². The van der Waals surface area contributed by atoms with Gasteiger partial charge in [-0.2, -0.15) is 10.1 Å². The van der Waals surface area contributed by atoms with Crippen molar-refractivity contribution in [3.63, 3.8) is 0 Å². The van der Waals surface area contributed by atoms with Gasteiger partial charge in [0.05, 0.1) is 18.0 Å². The van der Waals surface area contributed by atoms with Crippen LogP contribution in [0.3, 0.4) is 0 Å². The molecule has 0 saturated carbocycles. The zero-order chi connectivity index (χ0) is 17.1. The van der Waals surface area contributed by atoms with Crippen LogP contribution in [0.25, 0.3) is 11.0 Å². The maximum Gasteiger partial charge on any atom is 0.236 e. The number of nitrogens with zero attached hydrogens (tertiary/aromatic N) is 4. The molecule has 2 aromatic heterocycles. The van der Waals surface area contributed by atoms with Gasteiger partial charge in [-0.1, -0.05) is 30.3 Å². The fraction of sp³-hybridized carbons (Fsp3) is 0.333. The maximum atomic E-state index is 13.0.